The summed E-state index contributed by atoms with van der Waals surface area (Å²) in [6.07, 6.45) is 4.52. The van der Waals surface area contributed by atoms with Gasteiger partial charge in [0, 0.05) is 24.7 Å². The predicted octanol–water partition coefficient (Wildman–Crippen LogP) is 2.02. The van der Waals surface area contributed by atoms with Gasteiger partial charge < -0.3 is 10.1 Å². The van der Waals surface area contributed by atoms with Crippen LogP contribution in [0.15, 0.2) is 29.2 Å². The van der Waals surface area contributed by atoms with Crippen LogP contribution < -0.4 is 5.32 Å². The molecule has 3 rings (SSSR count). The smallest absolute Gasteiger partial charge is 0.251 e. The number of rotatable bonds is 4. The van der Waals surface area contributed by atoms with E-state index >= 15 is 0 Å². The maximum atomic E-state index is 12.6. The first-order valence-electron chi connectivity index (χ1n) is 8.97. The topological polar surface area (TPSA) is 75.7 Å². The molecule has 1 aliphatic carbocycles. The zero-order valence-electron chi connectivity index (χ0n) is 14.6. The summed E-state index contributed by atoms with van der Waals surface area (Å²) in [5.41, 5.74) is 0.499. The predicted molar refractivity (Wildman–Crippen MR) is 94.9 cm³/mol. The molecule has 1 aliphatic heterocycles. The Hall–Kier alpha value is -1.44. The molecule has 0 unspecified atom stereocenters. The van der Waals surface area contributed by atoms with Crippen LogP contribution in [0.3, 0.4) is 0 Å². The van der Waals surface area contributed by atoms with Gasteiger partial charge in [-0.3, -0.25) is 4.79 Å². The SMILES string of the molecule is C[C@@H]1CCCC[C@H]1NC(=O)c1ccc(S(=O)(=O)N2CCOCC2)cc1. The third kappa shape index (κ3) is 4.22. The molecule has 7 heteroatoms. The number of sulfonamides is 1. The van der Waals surface area contributed by atoms with Gasteiger partial charge in [-0.2, -0.15) is 4.31 Å². The second-order valence-corrected chi connectivity index (χ2v) is 8.82. The molecule has 1 saturated carbocycles. The summed E-state index contributed by atoms with van der Waals surface area (Å²) >= 11 is 0. The normalized spacial score (nSPS) is 25.5. The fraction of sp³-hybridized carbons (Fsp3) is 0.611. The number of hydrogen-bond donors (Lipinski definition) is 1. The number of morpholine rings is 1. The summed E-state index contributed by atoms with van der Waals surface area (Å²) in [6.45, 7) is 3.73. The van der Waals surface area contributed by atoms with Crippen molar-refractivity contribution in [2.45, 2.75) is 43.5 Å². The molecule has 25 heavy (non-hydrogen) atoms. The van der Waals surface area contributed by atoms with E-state index in [2.05, 4.69) is 12.2 Å². The van der Waals surface area contributed by atoms with Gasteiger partial charge >= 0.3 is 0 Å². The quantitative estimate of drug-likeness (QED) is 0.884. The number of carbonyl (C=O) groups is 1. The van der Waals surface area contributed by atoms with Crippen LogP contribution in [0.1, 0.15) is 43.0 Å². The third-order valence-corrected chi connectivity index (χ3v) is 7.07. The van der Waals surface area contributed by atoms with Crippen LogP contribution in [0.5, 0.6) is 0 Å². The van der Waals surface area contributed by atoms with Crippen molar-refractivity contribution in [2.75, 3.05) is 26.3 Å². The minimum atomic E-state index is -3.52. The molecule has 1 heterocycles. The lowest BCUT2D eigenvalue weighted by Gasteiger charge is -2.29. The fourth-order valence-electron chi connectivity index (χ4n) is 3.50. The number of hydrogen-bond acceptors (Lipinski definition) is 4. The van der Waals surface area contributed by atoms with E-state index in [0.717, 1.165) is 19.3 Å². The standard InChI is InChI=1S/C18H26N2O4S/c1-14-4-2-3-5-17(14)19-18(21)15-6-8-16(9-7-15)25(22,23)20-10-12-24-13-11-20/h6-9,14,17H,2-5,10-13H2,1H3,(H,19,21)/t14-,17-/m1/s1. The average Bonchev–Trinajstić information content (AvgIpc) is 2.64. The van der Waals surface area contributed by atoms with Crippen molar-refractivity contribution >= 4 is 15.9 Å². The van der Waals surface area contributed by atoms with Crippen LogP contribution in [-0.4, -0.2) is 51.0 Å². The number of benzene rings is 1. The molecule has 0 aromatic heterocycles. The number of nitrogens with one attached hydrogen (secondary N) is 1. The summed E-state index contributed by atoms with van der Waals surface area (Å²) in [4.78, 5) is 12.7. The zero-order valence-corrected chi connectivity index (χ0v) is 15.4. The molecule has 138 valence electrons. The Labute approximate surface area is 149 Å². The van der Waals surface area contributed by atoms with Crippen LogP contribution in [0.4, 0.5) is 0 Å². The van der Waals surface area contributed by atoms with Crippen molar-refractivity contribution in [1.29, 1.82) is 0 Å². The Balaban J connectivity index is 1.68. The van der Waals surface area contributed by atoms with E-state index in [-0.39, 0.29) is 16.8 Å². The summed E-state index contributed by atoms with van der Waals surface area (Å²) in [5.74, 6) is 0.354. The van der Waals surface area contributed by atoms with E-state index in [1.54, 1.807) is 12.1 Å². The Morgan fingerprint density at radius 3 is 2.40 bits per heavy atom. The molecular weight excluding hydrogens is 340 g/mol. The maximum absolute atomic E-state index is 12.6. The molecule has 1 aromatic carbocycles. The zero-order chi connectivity index (χ0) is 17.9. The van der Waals surface area contributed by atoms with Crippen molar-refractivity contribution in [1.82, 2.24) is 9.62 Å². The minimum absolute atomic E-state index is 0.130. The van der Waals surface area contributed by atoms with Gasteiger partial charge in [0.05, 0.1) is 18.1 Å². The molecule has 6 nitrogen and oxygen atoms in total. The van der Waals surface area contributed by atoms with Gasteiger partial charge in [0.2, 0.25) is 10.0 Å². The van der Waals surface area contributed by atoms with Crippen LogP contribution in [0, 0.1) is 5.92 Å². The summed E-state index contributed by atoms with van der Waals surface area (Å²) in [7, 11) is -3.52. The Morgan fingerprint density at radius 2 is 1.76 bits per heavy atom. The van der Waals surface area contributed by atoms with E-state index in [0.29, 0.717) is 37.8 Å². The highest BCUT2D eigenvalue weighted by atomic mass is 32.2. The van der Waals surface area contributed by atoms with Crippen LogP contribution in [0.25, 0.3) is 0 Å². The van der Waals surface area contributed by atoms with Crippen molar-refractivity contribution in [3.63, 3.8) is 0 Å². The van der Waals surface area contributed by atoms with Gasteiger partial charge in [0.25, 0.3) is 5.91 Å². The molecular formula is C18H26N2O4S. The molecule has 2 fully saturated rings. The number of carbonyl (C=O) groups excluding carboxylic acids is 1. The highest BCUT2D eigenvalue weighted by molar-refractivity contribution is 7.89. The van der Waals surface area contributed by atoms with Crippen molar-refractivity contribution in [3.8, 4) is 0 Å². The third-order valence-electron chi connectivity index (χ3n) is 5.15. The summed E-state index contributed by atoms with van der Waals surface area (Å²) < 4.78 is 31.8. The van der Waals surface area contributed by atoms with Crippen molar-refractivity contribution in [2.24, 2.45) is 5.92 Å². The second-order valence-electron chi connectivity index (χ2n) is 6.88. The molecule has 0 radical (unpaired) electrons. The molecule has 2 aliphatic rings. The lowest BCUT2D eigenvalue weighted by molar-refractivity contribution is 0.0730. The molecule has 1 amide bonds. The van der Waals surface area contributed by atoms with Crippen molar-refractivity contribution in [3.05, 3.63) is 29.8 Å². The fourth-order valence-corrected chi connectivity index (χ4v) is 4.90. The van der Waals surface area contributed by atoms with Crippen LogP contribution in [-0.2, 0) is 14.8 Å². The van der Waals surface area contributed by atoms with Crippen molar-refractivity contribution < 1.29 is 17.9 Å². The molecule has 1 aromatic rings. The van der Waals surface area contributed by atoms with Crippen LogP contribution >= 0.6 is 0 Å². The molecule has 1 saturated heterocycles. The monoisotopic (exact) mass is 366 g/mol. The Bertz CT molecular complexity index is 696. The molecule has 0 bridgehead atoms. The number of ether oxygens (including phenoxy) is 1. The highest BCUT2D eigenvalue weighted by Crippen LogP contribution is 2.24. The largest absolute Gasteiger partial charge is 0.379 e. The second kappa shape index (κ2) is 7.85. The molecule has 2 atom stereocenters. The lowest BCUT2D eigenvalue weighted by Crippen LogP contribution is -2.41. The van der Waals surface area contributed by atoms with Gasteiger partial charge in [-0.15, -0.1) is 0 Å². The first-order chi connectivity index (χ1) is 12.0. The van der Waals surface area contributed by atoms with Crippen LogP contribution in [0.2, 0.25) is 0 Å². The maximum Gasteiger partial charge on any atom is 0.251 e. The van der Waals surface area contributed by atoms with E-state index < -0.39 is 10.0 Å². The van der Waals surface area contributed by atoms with Gasteiger partial charge in [0.15, 0.2) is 0 Å². The van der Waals surface area contributed by atoms with Gasteiger partial charge in [-0.05, 0) is 43.0 Å². The number of nitrogens with zero attached hydrogens (tertiary/aromatic N) is 1. The Kier molecular flexibility index (Phi) is 5.76. The van der Waals surface area contributed by atoms with Gasteiger partial charge in [0.1, 0.15) is 0 Å². The van der Waals surface area contributed by atoms with E-state index in [9.17, 15) is 13.2 Å². The Morgan fingerprint density at radius 1 is 1.12 bits per heavy atom. The van der Waals surface area contributed by atoms with E-state index in [1.165, 1.54) is 22.9 Å². The average molecular weight is 366 g/mol. The minimum Gasteiger partial charge on any atom is -0.379 e. The van der Waals surface area contributed by atoms with E-state index in [1.807, 2.05) is 0 Å². The van der Waals surface area contributed by atoms with Gasteiger partial charge in [-0.1, -0.05) is 19.8 Å². The van der Waals surface area contributed by atoms with Gasteiger partial charge in [-0.25, -0.2) is 8.42 Å². The number of amides is 1. The lowest BCUT2D eigenvalue weighted by atomic mass is 9.86. The first kappa shape index (κ1) is 18.4. The highest BCUT2D eigenvalue weighted by Gasteiger charge is 2.27. The summed E-state index contributed by atoms with van der Waals surface area (Å²) in [5, 5.41) is 3.09. The molecule has 1 N–H and O–H groups in total. The first-order valence-corrected chi connectivity index (χ1v) is 10.4. The summed E-state index contributed by atoms with van der Waals surface area (Å²) in [6, 6.07) is 6.43. The molecule has 0 spiro atoms. The van der Waals surface area contributed by atoms with E-state index in [4.69, 9.17) is 4.74 Å².